The Kier molecular flexibility index (Phi) is 5.04. The van der Waals surface area contributed by atoms with Gasteiger partial charge in [0.15, 0.2) is 0 Å². The zero-order valence-electron chi connectivity index (χ0n) is 15.0. The molecule has 5 nitrogen and oxygen atoms in total. The van der Waals surface area contributed by atoms with Crippen LogP contribution in [0.2, 0.25) is 0 Å². The number of hydrogen-bond acceptors (Lipinski definition) is 4. The minimum Gasteiger partial charge on any atom is -0.387 e. The number of aromatic nitrogens is 2. The average Bonchev–Trinajstić information content (AvgIpc) is 3.05. The topological polar surface area (TPSA) is 50.5 Å². The molecule has 2 aromatic rings. The van der Waals surface area contributed by atoms with Gasteiger partial charge in [-0.2, -0.15) is 5.10 Å². The summed E-state index contributed by atoms with van der Waals surface area (Å²) in [6.45, 7) is 6.39. The molecule has 3 rings (SSSR count). The maximum atomic E-state index is 10.7. The van der Waals surface area contributed by atoms with Crippen molar-refractivity contribution in [3.05, 3.63) is 52.3 Å². The standard InChI is InChI=1S/C19H27N3O2/c1-13-17(14(2)22(20-13)9-10-24-4)12-21(3)18-11-15-7-5-6-8-16(15)19(18)23/h5-8,18-19,23H,9-12H2,1-4H3/t18-,19-/m0/s1. The Morgan fingerprint density at radius 1 is 1.33 bits per heavy atom. The smallest absolute Gasteiger partial charge is 0.0951 e. The number of aliphatic hydroxyl groups is 1. The molecule has 1 N–H and O–H groups in total. The van der Waals surface area contributed by atoms with Crippen molar-refractivity contribution < 1.29 is 9.84 Å². The Morgan fingerprint density at radius 3 is 2.79 bits per heavy atom. The summed E-state index contributed by atoms with van der Waals surface area (Å²) in [6.07, 6.45) is 0.472. The summed E-state index contributed by atoms with van der Waals surface area (Å²) in [7, 11) is 3.80. The van der Waals surface area contributed by atoms with Gasteiger partial charge in [-0.15, -0.1) is 0 Å². The molecule has 0 amide bonds. The van der Waals surface area contributed by atoms with E-state index in [-0.39, 0.29) is 6.04 Å². The van der Waals surface area contributed by atoms with E-state index < -0.39 is 6.10 Å². The van der Waals surface area contributed by atoms with Crippen LogP contribution in [0.25, 0.3) is 0 Å². The molecule has 0 saturated carbocycles. The van der Waals surface area contributed by atoms with Crippen LogP contribution >= 0.6 is 0 Å². The molecule has 2 atom stereocenters. The van der Waals surface area contributed by atoms with Crippen molar-refractivity contribution in [3.8, 4) is 0 Å². The lowest BCUT2D eigenvalue weighted by Gasteiger charge is -2.27. The summed E-state index contributed by atoms with van der Waals surface area (Å²) < 4.78 is 7.17. The van der Waals surface area contributed by atoms with Crippen molar-refractivity contribution in [1.29, 1.82) is 0 Å². The number of benzene rings is 1. The monoisotopic (exact) mass is 329 g/mol. The second-order valence-corrected chi connectivity index (χ2v) is 6.70. The Balaban J connectivity index is 1.74. The van der Waals surface area contributed by atoms with Crippen LogP contribution in [0.5, 0.6) is 0 Å². The largest absolute Gasteiger partial charge is 0.387 e. The summed E-state index contributed by atoms with van der Waals surface area (Å²) in [5.74, 6) is 0. The molecule has 1 aliphatic carbocycles. The lowest BCUT2D eigenvalue weighted by molar-refractivity contribution is 0.0719. The van der Waals surface area contributed by atoms with Crippen LogP contribution in [-0.2, 0) is 24.2 Å². The maximum absolute atomic E-state index is 10.7. The van der Waals surface area contributed by atoms with Crippen LogP contribution in [0.4, 0.5) is 0 Å². The van der Waals surface area contributed by atoms with Gasteiger partial charge in [0.1, 0.15) is 0 Å². The molecule has 0 bridgehead atoms. The first-order chi connectivity index (χ1) is 11.5. The number of fused-ring (bicyclic) bond motifs is 1. The summed E-state index contributed by atoms with van der Waals surface area (Å²) in [6, 6.07) is 8.31. The van der Waals surface area contributed by atoms with E-state index in [1.807, 2.05) is 22.9 Å². The number of methoxy groups -OCH3 is 1. The Hall–Kier alpha value is -1.69. The molecule has 1 aliphatic rings. The zero-order valence-corrected chi connectivity index (χ0v) is 15.0. The van der Waals surface area contributed by atoms with E-state index in [1.165, 1.54) is 16.8 Å². The van der Waals surface area contributed by atoms with Crippen LogP contribution < -0.4 is 0 Å². The van der Waals surface area contributed by atoms with E-state index in [0.29, 0.717) is 6.61 Å². The normalized spacial score (nSPS) is 19.9. The fourth-order valence-corrected chi connectivity index (χ4v) is 3.67. The van der Waals surface area contributed by atoms with Crippen LogP contribution in [0.1, 0.15) is 34.2 Å². The minimum atomic E-state index is -0.421. The van der Waals surface area contributed by atoms with Gasteiger partial charge in [0, 0.05) is 31.0 Å². The average molecular weight is 329 g/mol. The van der Waals surface area contributed by atoms with Crippen molar-refractivity contribution >= 4 is 0 Å². The molecule has 5 heteroatoms. The van der Waals surface area contributed by atoms with Gasteiger partial charge in [0.25, 0.3) is 0 Å². The Bertz CT molecular complexity index is 711. The van der Waals surface area contributed by atoms with E-state index in [4.69, 9.17) is 4.74 Å². The van der Waals surface area contributed by atoms with Gasteiger partial charge in [-0.3, -0.25) is 9.58 Å². The van der Waals surface area contributed by atoms with Crippen LogP contribution in [0.15, 0.2) is 24.3 Å². The molecule has 0 saturated heterocycles. The zero-order chi connectivity index (χ0) is 17.3. The van der Waals surface area contributed by atoms with Gasteiger partial charge in [0.05, 0.1) is 24.9 Å². The Morgan fingerprint density at radius 2 is 2.08 bits per heavy atom. The fraction of sp³-hybridized carbons (Fsp3) is 0.526. The highest BCUT2D eigenvalue weighted by Gasteiger charge is 2.33. The third kappa shape index (κ3) is 3.11. The molecule has 24 heavy (non-hydrogen) atoms. The van der Waals surface area contributed by atoms with Gasteiger partial charge in [-0.05, 0) is 38.4 Å². The number of rotatable bonds is 6. The highest BCUT2D eigenvalue weighted by atomic mass is 16.5. The molecule has 0 spiro atoms. The third-order valence-electron chi connectivity index (χ3n) is 5.18. The molecule has 1 aromatic heterocycles. The lowest BCUT2D eigenvalue weighted by atomic mass is 10.1. The number of aryl methyl sites for hydroxylation is 1. The molecule has 0 fully saturated rings. The summed E-state index contributed by atoms with van der Waals surface area (Å²) in [5.41, 5.74) is 5.81. The van der Waals surface area contributed by atoms with Crippen LogP contribution in [0.3, 0.4) is 0 Å². The number of hydrogen-bond donors (Lipinski definition) is 1. The van der Waals surface area contributed by atoms with Gasteiger partial charge in [0.2, 0.25) is 0 Å². The number of ether oxygens (including phenoxy) is 1. The van der Waals surface area contributed by atoms with E-state index in [0.717, 1.165) is 30.8 Å². The fourth-order valence-electron chi connectivity index (χ4n) is 3.67. The van der Waals surface area contributed by atoms with Crippen LogP contribution in [-0.4, -0.2) is 46.6 Å². The van der Waals surface area contributed by atoms with Crippen molar-refractivity contribution in [1.82, 2.24) is 14.7 Å². The minimum absolute atomic E-state index is 0.114. The molecule has 0 unspecified atom stereocenters. The van der Waals surface area contributed by atoms with E-state index in [9.17, 15) is 5.11 Å². The Labute approximate surface area is 143 Å². The number of aliphatic hydroxyl groups excluding tert-OH is 1. The van der Waals surface area contributed by atoms with Gasteiger partial charge in [-0.1, -0.05) is 24.3 Å². The van der Waals surface area contributed by atoms with E-state index >= 15 is 0 Å². The first-order valence-electron chi connectivity index (χ1n) is 8.50. The molecule has 130 valence electrons. The molecular weight excluding hydrogens is 302 g/mol. The van der Waals surface area contributed by atoms with Gasteiger partial charge >= 0.3 is 0 Å². The molecule has 1 aromatic carbocycles. The lowest BCUT2D eigenvalue weighted by Crippen LogP contribution is -2.34. The quantitative estimate of drug-likeness (QED) is 0.883. The van der Waals surface area contributed by atoms with Crippen LogP contribution in [0, 0.1) is 13.8 Å². The number of nitrogens with zero attached hydrogens (tertiary/aromatic N) is 3. The summed E-state index contributed by atoms with van der Waals surface area (Å²) in [5, 5.41) is 15.3. The second-order valence-electron chi connectivity index (χ2n) is 6.70. The van der Waals surface area contributed by atoms with Crippen molar-refractivity contribution in [2.45, 2.75) is 45.5 Å². The second kappa shape index (κ2) is 7.05. The molecule has 0 radical (unpaired) electrons. The van der Waals surface area contributed by atoms with Crippen molar-refractivity contribution in [3.63, 3.8) is 0 Å². The third-order valence-corrected chi connectivity index (χ3v) is 5.18. The van der Waals surface area contributed by atoms with Gasteiger partial charge in [-0.25, -0.2) is 0 Å². The molecular formula is C19H27N3O2. The number of likely N-dealkylation sites (N-methyl/N-ethyl adjacent to an activating group) is 1. The maximum Gasteiger partial charge on any atom is 0.0951 e. The SMILES string of the molecule is COCCn1nc(C)c(CN(C)[C@H]2Cc3ccccc3[C@@H]2O)c1C. The summed E-state index contributed by atoms with van der Waals surface area (Å²) in [4.78, 5) is 2.25. The first-order valence-corrected chi connectivity index (χ1v) is 8.50. The van der Waals surface area contributed by atoms with Crippen molar-refractivity contribution in [2.24, 2.45) is 0 Å². The van der Waals surface area contributed by atoms with E-state index in [1.54, 1.807) is 7.11 Å². The molecule has 1 heterocycles. The van der Waals surface area contributed by atoms with Crippen molar-refractivity contribution in [2.75, 3.05) is 20.8 Å². The highest BCUT2D eigenvalue weighted by molar-refractivity contribution is 5.36. The predicted octanol–water partition coefficient (Wildman–Crippen LogP) is 2.24. The predicted molar refractivity (Wildman–Crippen MR) is 93.9 cm³/mol. The highest BCUT2D eigenvalue weighted by Crippen LogP contribution is 2.34. The summed E-state index contributed by atoms with van der Waals surface area (Å²) >= 11 is 0. The van der Waals surface area contributed by atoms with Gasteiger partial charge < -0.3 is 9.84 Å². The first kappa shape index (κ1) is 17.1. The molecule has 0 aliphatic heterocycles. The van der Waals surface area contributed by atoms with E-state index in [2.05, 4.69) is 37.0 Å².